The molecule has 0 spiro atoms. The van der Waals surface area contributed by atoms with E-state index in [2.05, 4.69) is 10.8 Å². The Hall–Kier alpha value is -3.66. The predicted molar refractivity (Wildman–Crippen MR) is 90.5 cm³/mol. The highest BCUT2D eigenvalue weighted by Crippen LogP contribution is 2.22. The molecule has 0 saturated heterocycles. The standard InChI is InChI=1S/C18H14N2O5/c1-24-18(21)12-25-17-8-2-13(3-9-17)10-15(11-19)14-4-6-16(7-5-14)20(22)23/h2-10H,12H2,1H3/b15-10-. The molecule has 126 valence electrons. The average Bonchev–Trinajstić information content (AvgIpc) is 2.65. The van der Waals surface area contributed by atoms with Gasteiger partial charge in [0.15, 0.2) is 6.61 Å². The minimum absolute atomic E-state index is 0.0341. The summed E-state index contributed by atoms with van der Waals surface area (Å²) in [7, 11) is 1.28. The van der Waals surface area contributed by atoms with E-state index in [0.29, 0.717) is 16.9 Å². The van der Waals surface area contributed by atoms with Crippen molar-refractivity contribution in [3.05, 3.63) is 69.8 Å². The summed E-state index contributed by atoms with van der Waals surface area (Å²) in [4.78, 5) is 21.2. The minimum Gasteiger partial charge on any atom is -0.482 e. The van der Waals surface area contributed by atoms with Crippen molar-refractivity contribution in [1.82, 2.24) is 0 Å². The molecule has 0 aromatic heterocycles. The first-order valence-electron chi connectivity index (χ1n) is 7.20. The fourth-order valence-electron chi connectivity index (χ4n) is 1.97. The molecule has 0 aliphatic carbocycles. The van der Waals surface area contributed by atoms with Gasteiger partial charge in [-0.3, -0.25) is 10.1 Å². The molecule has 2 rings (SSSR count). The normalized spacial score (nSPS) is 10.6. The fraction of sp³-hybridized carbons (Fsp3) is 0.111. The average molecular weight is 338 g/mol. The van der Waals surface area contributed by atoms with Gasteiger partial charge in [0.25, 0.3) is 5.69 Å². The molecule has 0 fully saturated rings. The van der Waals surface area contributed by atoms with E-state index in [1.54, 1.807) is 30.3 Å². The second kappa shape index (κ2) is 8.26. The molecule has 0 amide bonds. The molecule has 2 aromatic rings. The molecule has 0 aliphatic rings. The summed E-state index contributed by atoms with van der Waals surface area (Å²) >= 11 is 0. The summed E-state index contributed by atoms with van der Waals surface area (Å²) in [6.45, 7) is -0.183. The minimum atomic E-state index is -0.493. The van der Waals surface area contributed by atoms with Crippen molar-refractivity contribution in [3.63, 3.8) is 0 Å². The van der Waals surface area contributed by atoms with Gasteiger partial charge >= 0.3 is 5.97 Å². The zero-order chi connectivity index (χ0) is 18.2. The third-order valence-corrected chi connectivity index (χ3v) is 3.29. The Morgan fingerprint density at radius 3 is 2.36 bits per heavy atom. The number of nitro groups is 1. The highest BCUT2D eigenvalue weighted by atomic mass is 16.6. The summed E-state index contributed by atoms with van der Waals surface area (Å²) < 4.78 is 9.72. The maximum Gasteiger partial charge on any atom is 0.343 e. The van der Waals surface area contributed by atoms with Crippen LogP contribution in [0.4, 0.5) is 5.69 Å². The largest absolute Gasteiger partial charge is 0.482 e. The molecule has 0 bridgehead atoms. The summed E-state index contributed by atoms with van der Waals surface area (Å²) in [6, 6.07) is 14.6. The lowest BCUT2D eigenvalue weighted by Crippen LogP contribution is -2.12. The van der Waals surface area contributed by atoms with Crippen LogP contribution in [0.1, 0.15) is 11.1 Å². The Labute approximate surface area is 143 Å². The molecular weight excluding hydrogens is 324 g/mol. The van der Waals surface area contributed by atoms with Crippen LogP contribution in [-0.4, -0.2) is 24.6 Å². The summed E-state index contributed by atoms with van der Waals surface area (Å²) in [5.41, 5.74) is 1.67. The van der Waals surface area contributed by atoms with Crippen molar-refractivity contribution in [2.75, 3.05) is 13.7 Å². The Kier molecular flexibility index (Phi) is 5.85. The van der Waals surface area contributed by atoms with E-state index < -0.39 is 10.9 Å². The lowest BCUT2D eigenvalue weighted by atomic mass is 10.0. The number of methoxy groups -OCH3 is 1. The molecule has 0 aliphatic heterocycles. The SMILES string of the molecule is COC(=O)COc1ccc(/C=C(/C#N)c2ccc([N+](=O)[O-])cc2)cc1. The Morgan fingerprint density at radius 2 is 1.84 bits per heavy atom. The predicted octanol–water partition coefficient (Wildman–Crippen LogP) is 3.21. The molecule has 2 aromatic carbocycles. The quantitative estimate of drug-likeness (QED) is 0.263. The van der Waals surface area contributed by atoms with Crippen molar-refractivity contribution in [2.45, 2.75) is 0 Å². The van der Waals surface area contributed by atoms with Gasteiger partial charge < -0.3 is 9.47 Å². The third-order valence-electron chi connectivity index (χ3n) is 3.29. The number of nitro benzene ring substituents is 1. The molecule has 7 nitrogen and oxygen atoms in total. The van der Waals surface area contributed by atoms with Gasteiger partial charge in [-0.15, -0.1) is 0 Å². The topological polar surface area (TPSA) is 102 Å². The van der Waals surface area contributed by atoms with Crippen molar-refractivity contribution in [3.8, 4) is 11.8 Å². The highest BCUT2D eigenvalue weighted by molar-refractivity contribution is 5.89. The Morgan fingerprint density at radius 1 is 1.20 bits per heavy atom. The van der Waals surface area contributed by atoms with Gasteiger partial charge in [0.05, 0.1) is 23.7 Å². The Balaban J connectivity index is 2.15. The number of carbonyl (C=O) groups is 1. The first-order valence-corrected chi connectivity index (χ1v) is 7.20. The number of allylic oxidation sites excluding steroid dienone is 1. The second-order valence-electron chi connectivity index (χ2n) is 4.91. The maximum absolute atomic E-state index is 11.0. The third kappa shape index (κ3) is 4.91. The van der Waals surface area contributed by atoms with Crippen LogP contribution in [0.2, 0.25) is 0 Å². The zero-order valence-electron chi connectivity index (χ0n) is 13.3. The number of non-ortho nitro benzene ring substituents is 1. The molecule has 0 atom stereocenters. The van der Waals surface area contributed by atoms with Gasteiger partial charge in [-0.2, -0.15) is 5.26 Å². The van der Waals surface area contributed by atoms with Crippen LogP contribution < -0.4 is 4.74 Å². The molecule has 0 unspecified atom stereocenters. The number of carbonyl (C=O) groups excluding carboxylic acids is 1. The van der Waals surface area contributed by atoms with Crippen LogP contribution >= 0.6 is 0 Å². The van der Waals surface area contributed by atoms with Gasteiger partial charge in [-0.1, -0.05) is 12.1 Å². The number of hydrogen-bond acceptors (Lipinski definition) is 6. The monoisotopic (exact) mass is 338 g/mol. The van der Waals surface area contributed by atoms with E-state index in [-0.39, 0.29) is 12.3 Å². The van der Waals surface area contributed by atoms with Gasteiger partial charge in [0, 0.05) is 12.1 Å². The molecule has 7 heteroatoms. The summed E-state index contributed by atoms with van der Waals surface area (Å²) in [6.07, 6.45) is 1.66. The van der Waals surface area contributed by atoms with Crippen molar-refractivity contribution in [1.29, 1.82) is 5.26 Å². The van der Waals surface area contributed by atoms with Crippen molar-refractivity contribution >= 4 is 23.3 Å². The van der Waals surface area contributed by atoms with Crippen LogP contribution in [0.5, 0.6) is 5.75 Å². The number of benzene rings is 2. The van der Waals surface area contributed by atoms with Gasteiger partial charge in [-0.25, -0.2) is 4.79 Å². The lowest BCUT2D eigenvalue weighted by Gasteiger charge is -2.05. The number of esters is 1. The second-order valence-corrected chi connectivity index (χ2v) is 4.91. The van der Waals surface area contributed by atoms with Crippen LogP contribution in [0.15, 0.2) is 48.5 Å². The van der Waals surface area contributed by atoms with E-state index in [1.165, 1.54) is 31.4 Å². The number of rotatable bonds is 6. The van der Waals surface area contributed by atoms with Crippen LogP contribution in [0, 0.1) is 21.4 Å². The number of nitrogens with zero attached hydrogens (tertiary/aromatic N) is 2. The fourth-order valence-corrected chi connectivity index (χ4v) is 1.97. The van der Waals surface area contributed by atoms with E-state index in [0.717, 1.165) is 5.56 Å². The van der Waals surface area contributed by atoms with E-state index in [1.807, 2.05) is 0 Å². The molecule has 25 heavy (non-hydrogen) atoms. The van der Waals surface area contributed by atoms with Crippen LogP contribution in [0.25, 0.3) is 11.6 Å². The van der Waals surface area contributed by atoms with E-state index in [4.69, 9.17) is 4.74 Å². The smallest absolute Gasteiger partial charge is 0.343 e. The number of ether oxygens (including phenoxy) is 2. The van der Waals surface area contributed by atoms with E-state index >= 15 is 0 Å². The Bertz CT molecular complexity index is 833. The zero-order valence-corrected chi connectivity index (χ0v) is 13.3. The number of nitriles is 1. The summed E-state index contributed by atoms with van der Waals surface area (Å²) in [5, 5.41) is 20.0. The molecule has 0 heterocycles. The molecule has 0 saturated carbocycles. The van der Waals surface area contributed by atoms with E-state index in [9.17, 15) is 20.2 Å². The molecule has 0 radical (unpaired) electrons. The lowest BCUT2D eigenvalue weighted by molar-refractivity contribution is -0.384. The highest BCUT2D eigenvalue weighted by Gasteiger charge is 2.07. The van der Waals surface area contributed by atoms with Crippen LogP contribution in [-0.2, 0) is 9.53 Å². The maximum atomic E-state index is 11.0. The molecular formula is C18H14N2O5. The van der Waals surface area contributed by atoms with Gasteiger partial charge in [-0.05, 0) is 41.5 Å². The van der Waals surface area contributed by atoms with Crippen molar-refractivity contribution in [2.24, 2.45) is 0 Å². The summed E-state index contributed by atoms with van der Waals surface area (Å²) in [5.74, 6) is 0.0188. The number of hydrogen-bond donors (Lipinski definition) is 0. The molecule has 0 N–H and O–H groups in total. The van der Waals surface area contributed by atoms with Gasteiger partial charge in [0.2, 0.25) is 0 Å². The first-order chi connectivity index (χ1) is 12.0. The van der Waals surface area contributed by atoms with Gasteiger partial charge in [0.1, 0.15) is 5.75 Å². The van der Waals surface area contributed by atoms with Crippen molar-refractivity contribution < 1.29 is 19.2 Å². The first kappa shape index (κ1) is 17.7. The van der Waals surface area contributed by atoms with Crippen LogP contribution in [0.3, 0.4) is 0 Å².